The Labute approximate surface area is 543 Å². The van der Waals surface area contributed by atoms with Gasteiger partial charge in [-0.1, -0.05) is 311 Å². The SMILES string of the molecule is CCCCCCCCCCCCCCCCCCCCC(=O)O[C@H](COC(=O)CCCCCCCCCCCCC(C)C)COP(=O)(O)OC[C@@H](O)COP(=O)(O)OC[C@@H](COC(=O)CCCCCCCCC)OC(=O)CCCCCCCCCCCCC. The zero-order valence-electron chi connectivity index (χ0n) is 57.6. The molecule has 528 valence electrons. The number of aliphatic hydroxyl groups is 1. The number of ether oxygens (including phenoxy) is 4. The first-order valence-electron chi connectivity index (χ1n) is 36.6. The molecule has 0 aliphatic rings. The summed E-state index contributed by atoms with van der Waals surface area (Å²) in [5.41, 5.74) is 0. The molecule has 0 aromatic rings. The van der Waals surface area contributed by atoms with Crippen molar-refractivity contribution in [2.24, 2.45) is 5.92 Å². The standard InChI is InChI=1S/C70H136O17P2/c1-6-9-12-15-18-20-22-23-24-25-26-27-28-30-36-41-46-51-56-70(75)87-66(60-81-68(73)54-49-44-39-34-32-31-33-38-42-47-52-63(4)5)62-85-89(78,79)83-58-64(71)57-82-88(76,77)84-61-65(59-80-67(72)53-48-43-37-17-14-11-8-3)86-69(74)55-50-45-40-35-29-21-19-16-13-10-7-2/h63-66,71H,6-62H2,1-5H3,(H,76,77)(H,78,79)/t64-,65+,66+/m0/s1. The van der Waals surface area contributed by atoms with Gasteiger partial charge in [0.25, 0.3) is 0 Å². The Kier molecular flexibility index (Phi) is 62.1. The van der Waals surface area contributed by atoms with Crippen molar-refractivity contribution in [3.8, 4) is 0 Å². The van der Waals surface area contributed by atoms with E-state index in [1.807, 2.05) is 0 Å². The first kappa shape index (κ1) is 87.1. The van der Waals surface area contributed by atoms with E-state index in [1.54, 1.807) is 0 Å². The minimum atomic E-state index is -4.95. The maximum atomic E-state index is 13.0. The molecule has 0 fully saturated rings. The van der Waals surface area contributed by atoms with Crippen LogP contribution in [0.4, 0.5) is 0 Å². The number of esters is 4. The fourth-order valence-electron chi connectivity index (χ4n) is 10.6. The van der Waals surface area contributed by atoms with E-state index in [1.165, 1.54) is 173 Å². The van der Waals surface area contributed by atoms with Crippen molar-refractivity contribution in [1.29, 1.82) is 0 Å². The Bertz CT molecular complexity index is 1720. The van der Waals surface area contributed by atoms with Gasteiger partial charge in [-0.3, -0.25) is 37.3 Å². The van der Waals surface area contributed by atoms with E-state index in [0.29, 0.717) is 25.7 Å². The second-order valence-corrected chi connectivity index (χ2v) is 28.7. The molecule has 2 unspecified atom stereocenters. The van der Waals surface area contributed by atoms with Gasteiger partial charge in [-0.15, -0.1) is 0 Å². The van der Waals surface area contributed by atoms with Crippen LogP contribution in [0.25, 0.3) is 0 Å². The summed E-state index contributed by atoms with van der Waals surface area (Å²) in [5, 5.41) is 10.6. The van der Waals surface area contributed by atoms with E-state index in [2.05, 4.69) is 34.6 Å². The highest BCUT2D eigenvalue weighted by Gasteiger charge is 2.30. The quantitative estimate of drug-likeness (QED) is 0.0222. The average Bonchev–Trinajstić information content (AvgIpc) is 3.72. The molecular formula is C70H136O17P2. The molecular weight excluding hydrogens is 1170 g/mol. The van der Waals surface area contributed by atoms with Gasteiger partial charge in [0.1, 0.15) is 19.3 Å². The summed E-state index contributed by atoms with van der Waals surface area (Å²) in [7, 11) is -9.89. The smallest absolute Gasteiger partial charge is 0.462 e. The van der Waals surface area contributed by atoms with Crippen molar-refractivity contribution in [3.05, 3.63) is 0 Å². The predicted molar refractivity (Wildman–Crippen MR) is 358 cm³/mol. The number of unbranched alkanes of at least 4 members (excludes halogenated alkanes) is 42. The van der Waals surface area contributed by atoms with E-state index in [0.717, 1.165) is 109 Å². The zero-order valence-corrected chi connectivity index (χ0v) is 59.4. The molecule has 0 saturated carbocycles. The van der Waals surface area contributed by atoms with Crippen LogP contribution in [-0.2, 0) is 65.4 Å². The molecule has 3 N–H and O–H groups in total. The lowest BCUT2D eigenvalue weighted by Crippen LogP contribution is -2.30. The van der Waals surface area contributed by atoms with E-state index < -0.39 is 97.5 Å². The molecule has 17 nitrogen and oxygen atoms in total. The van der Waals surface area contributed by atoms with E-state index in [9.17, 15) is 43.2 Å². The number of hydrogen-bond donors (Lipinski definition) is 3. The van der Waals surface area contributed by atoms with Crippen LogP contribution in [-0.4, -0.2) is 96.7 Å². The van der Waals surface area contributed by atoms with Gasteiger partial charge in [0.2, 0.25) is 0 Å². The third-order valence-corrected chi connectivity index (χ3v) is 18.2. The van der Waals surface area contributed by atoms with Gasteiger partial charge in [-0.25, -0.2) is 9.13 Å². The van der Waals surface area contributed by atoms with E-state index >= 15 is 0 Å². The van der Waals surface area contributed by atoms with Crippen molar-refractivity contribution < 1.29 is 80.2 Å². The number of phosphoric ester groups is 2. The number of carbonyl (C=O) groups excluding carboxylic acids is 4. The van der Waals surface area contributed by atoms with Gasteiger partial charge >= 0.3 is 39.5 Å². The van der Waals surface area contributed by atoms with Gasteiger partial charge < -0.3 is 33.8 Å². The Morgan fingerprint density at radius 1 is 0.303 bits per heavy atom. The van der Waals surface area contributed by atoms with E-state index in [-0.39, 0.29) is 25.7 Å². The fourth-order valence-corrected chi connectivity index (χ4v) is 12.2. The van der Waals surface area contributed by atoms with Gasteiger partial charge in [-0.05, 0) is 31.6 Å². The molecule has 0 aromatic carbocycles. The number of carbonyl (C=O) groups is 4. The van der Waals surface area contributed by atoms with Crippen LogP contribution < -0.4 is 0 Å². The van der Waals surface area contributed by atoms with Crippen LogP contribution in [0.2, 0.25) is 0 Å². The molecule has 0 spiro atoms. The second kappa shape index (κ2) is 63.5. The Balaban J connectivity index is 5.19. The highest BCUT2D eigenvalue weighted by atomic mass is 31.2. The number of phosphoric acid groups is 2. The van der Waals surface area contributed by atoms with Crippen molar-refractivity contribution in [2.75, 3.05) is 39.6 Å². The van der Waals surface area contributed by atoms with Crippen molar-refractivity contribution in [1.82, 2.24) is 0 Å². The molecule has 0 aliphatic carbocycles. The lowest BCUT2D eigenvalue weighted by molar-refractivity contribution is -0.161. The van der Waals surface area contributed by atoms with Crippen molar-refractivity contribution in [2.45, 2.75) is 380 Å². The minimum Gasteiger partial charge on any atom is -0.462 e. The van der Waals surface area contributed by atoms with Crippen LogP contribution in [0, 0.1) is 5.92 Å². The summed E-state index contributed by atoms with van der Waals surface area (Å²) in [4.78, 5) is 72.4. The highest BCUT2D eigenvalue weighted by Crippen LogP contribution is 2.45. The third kappa shape index (κ3) is 64.6. The topological polar surface area (TPSA) is 237 Å². The second-order valence-electron chi connectivity index (χ2n) is 25.7. The molecule has 0 amide bonds. The largest absolute Gasteiger partial charge is 0.472 e. The number of aliphatic hydroxyl groups excluding tert-OH is 1. The molecule has 0 bridgehead atoms. The lowest BCUT2D eigenvalue weighted by Gasteiger charge is -2.21. The van der Waals surface area contributed by atoms with Gasteiger partial charge in [0.05, 0.1) is 26.4 Å². The van der Waals surface area contributed by atoms with Gasteiger partial charge in [0, 0.05) is 25.7 Å². The summed E-state index contributed by atoms with van der Waals surface area (Å²) in [5.74, 6) is -1.37. The predicted octanol–water partition coefficient (Wildman–Crippen LogP) is 20.1. The Morgan fingerprint density at radius 2 is 0.517 bits per heavy atom. The maximum Gasteiger partial charge on any atom is 0.472 e. The molecule has 5 atom stereocenters. The highest BCUT2D eigenvalue weighted by molar-refractivity contribution is 7.47. The van der Waals surface area contributed by atoms with Crippen molar-refractivity contribution >= 4 is 39.5 Å². The summed E-state index contributed by atoms with van der Waals surface area (Å²) >= 11 is 0. The molecule has 89 heavy (non-hydrogen) atoms. The van der Waals surface area contributed by atoms with Gasteiger partial charge in [-0.2, -0.15) is 0 Å². The first-order chi connectivity index (χ1) is 43.0. The summed E-state index contributed by atoms with van der Waals surface area (Å²) < 4.78 is 68.2. The monoisotopic (exact) mass is 1310 g/mol. The van der Waals surface area contributed by atoms with Gasteiger partial charge in [0.15, 0.2) is 12.2 Å². The summed E-state index contributed by atoms with van der Waals surface area (Å²) in [6.45, 7) is 7.20. The molecule has 0 heterocycles. The normalized spacial score (nSPS) is 14.1. The van der Waals surface area contributed by atoms with Crippen LogP contribution in [0.15, 0.2) is 0 Å². The first-order valence-corrected chi connectivity index (χ1v) is 39.6. The lowest BCUT2D eigenvalue weighted by atomic mass is 10.0. The molecule has 0 radical (unpaired) electrons. The van der Waals surface area contributed by atoms with E-state index in [4.69, 9.17) is 37.0 Å². The van der Waals surface area contributed by atoms with Crippen LogP contribution in [0.1, 0.15) is 362 Å². The molecule has 0 saturated heterocycles. The van der Waals surface area contributed by atoms with Crippen LogP contribution in [0.5, 0.6) is 0 Å². The maximum absolute atomic E-state index is 13.0. The summed E-state index contributed by atoms with van der Waals surface area (Å²) in [6, 6.07) is 0. The fraction of sp³-hybridized carbons (Fsp3) is 0.943. The Morgan fingerprint density at radius 3 is 0.764 bits per heavy atom. The van der Waals surface area contributed by atoms with Crippen LogP contribution in [0.3, 0.4) is 0 Å². The molecule has 0 aromatic heterocycles. The summed E-state index contributed by atoms with van der Waals surface area (Å²) in [6.07, 6.45) is 50.1. The third-order valence-electron chi connectivity index (χ3n) is 16.3. The zero-order chi connectivity index (χ0) is 65.6. The minimum absolute atomic E-state index is 0.107. The molecule has 0 rings (SSSR count). The molecule has 0 aliphatic heterocycles. The van der Waals surface area contributed by atoms with Crippen LogP contribution >= 0.6 is 15.6 Å². The Hall–Kier alpha value is -1.94. The number of rotatable bonds is 70. The average molecular weight is 1310 g/mol. The number of hydrogen-bond acceptors (Lipinski definition) is 15. The van der Waals surface area contributed by atoms with Crippen molar-refractivity contribution in [3.63, 3.8) is 0 Å². The molecule has 19 heteroatoms.